The van der Waals surface area contributed by atoms with E-state index in [9.17, 15) is 4.79 Å². The Labute approximate surface area is 114 Å². The largest absolute Gasteiger partial charge is 0.325 e. The van der Waals surface area contributed by atoms with Crippen LogP contribution >= 0.6 is 0 Å². The molecule has 100 valence electrons. The summed E-state index contributed by atoms with van der Waals surface area (Å²) in [4.78, 5) is 14.1. The summed E-state index contributed by atoms with van der Waals surface area (Å²) in [5.74, 6) is 0.114. The van der Waals surface area contributed by atoms with Crippen molar-refractivity contribution in [2.45, 2.75) is 19.4 Å². The maximum atomic E-state index is 12.4. The number of carbonyl (C=O) groups is 1. The van der Waals surface area contributed by atoms with Crippen molar-refractivity contribution in [3.63, 3.8) is 0 Å². The molecule has 1 aromatic rings. The average Bonchev–Trinajstić information content (AvgIpc) is 2.48. The predicted molar refractivity (Wildman–Crippen MR) is 73.1 cm³/mol. The number of amides is 1. The van der Waals surface area contributed by atoms with Crippen molar-refractivity contribution in [3.8, 4) is 6.07 Å². The molecule has 0 aliphatic carbocycles. The number of benzene rings is 1. The molecule has 1 aliphatic rings. The maximum absolute atomic E-state index is 12.4. The number of hydrogen-bond donors (Lipinski definition) is 1. The molecule has 2 rings (SSSR count). The standard InChI is InChI=1S/C15H19N3O/c16-8-10-18(12-13-5-2-1-3-6-13)15(19)14-7-4-9-17-11-14/h1-3,5-6,14,17H,4,7,9-12H2/t14-/m0/s1. The summed E-state index contributed by atoms with van der Waals surface area (Å²) >= 11 is 0. The predicted octanol–water partition coefficient (Wildman–Crippen LogP) is 1.54. The van der Waals surface area contributed by atoms with Crippen molar-refractivity contribution in [2.24, 2.45) is 5.92 Å². The molecule has 19 heavy (non-hydrogen) atoms. The van der Waals surface area contributed by atoms with Crippen LogP contribution in [-0.4, -0.2) is 30.4 Å². The Morgan fingerprint density at radius 3 is 2.84 bits per heavy atom. The quantitative estimate of drug-likeness (QED) is 0.832. The van der Waals surface area contributed by atoms with Gasteiger partial charge in [0, 0.05) is 13.1 Å². The summed E-state index contributed by atoms with van der Waals surface area (Å²) in [6.07, 6.45) is 1.95. The van der Waals surface area contributed by atoms with E-state index >= 15 is 0 Å². The van der Waals surface area contributed by atoms with Crippen LogP contribution in [-0.2, 0) is 11.3 Å². The van der Waals surface area contributed by atoms with Gasteiger partial charge in [0.2, 0.25) is 5.91 Å². The highest BCUT2D eigenvalue weighted by atomic mass is 16.2. The van der Waals surface area contributed by atoms with Crippen molar-refractivity contribution >= 4 is 5.91 Å². The van der Waals surface area contributed by atoms with Crippen LogP contribution in [0.25, 0.3) is 0 Å². The van der Waals surface area contributed by atoms with Crippen LogP contribution in [0.5, 0.6) is 0 Å². The molecule has 0 spiro atoms. The Bertz CT molecular complexity index is 446. The summed E-state index contributed by atoms with van der Waals surface area (Å²) in [7, 11) is 0. The fourth-order valence-corrected chi connectivity index (χ4v) is 2.42. The summed E-state index contributed by atoms with van der Waals surface area (Å²) in [5, 5.41) is 12.1. The van der Waals surface area contributed by atoms with Gasteiger partial charge in [-0.15, -0.1) is 0 Å². The van der Waals surface area contributed by atoms with Crippen molar-refractivity contribution < 1.29 is 4.79 Å². The Kier molecular flexibility index (Phi) is 4.93. The minimum Gasteiger partial charge on any atom is -0.325 e. The monoisotopic (exact) mass is 257 g/mol. The van der Waals surface area contributed by atoms with Gasteiger partial charge in [-0.3, -0.25) is 4.79 Å². The molecule has 0 unspecified atom stereocenters. The fraction of sp³-hybridized carbons (Fsp3) is 0.467. The van der Waals surface area contributed by atoms with E-state index in [0.29, 0.717) is 6.54 Å². The topological polar surface area (TPSA) is 56.1 Å². The molecule has 4 nitrogen and oxygen atoms in total. The lowest BCUT2D eigenvalue weighted by Crippen LogP contribution is -2.42. The molecule has 0 aromatic heterocycles. The normalized spacial score (nSPS) is 18.6. The van der Waals surface area contributed by atoms with Crippen LogP contribution in [0.15, 0.2) is 30.3 Å². The second-order valence-electron chi connectivity index (χ2n) is 4.88. The molecule has 1 amide bonds. The highest BCUT2D eigenvalue weighted by molar-refractivity contribution is 5.79. The molecule has 0 radical (unpaired) electrons. The third kappa shape index (κ3) is 3.80. The lowest BCUT2D eigenvalue weighted by Gasteiger charge is -2.28. The Morgan fingerprint density at radius 2 is 2.21 bits per heavy atom. The molecule has 1 heterocycles. The zero-order valence-electron chi connectivity index (χ0n) is 11.0. The number of rotatable bonds is 4. The Morgan fingerprint density at radius 1 is 1.42 bits per heavy atom. The Hall–Kier alpha value is -1.86. The van der Waals surface area contributed by atoms with Crippen LogP contribution in [0.2, 0.25) is 0 Å². The number of hydrogen-bond acceptors (Lipinski definition) is 3. The molecular weight excluding hydrogens is 238 g/mol. The summed E-state index contributed by atoms with van der Waals surface area (Å²) in [6.45, 7) is 2.39. The molecule has 1 fully saturated rings. The summed E-state index contributed by atoms with van der Waals surface area (Å²) in [5.41, 5.74) is 1.06. The van der Waals surface area contributed by atoms with Crippen LogP contribution in [0, 0.1) is 17.2 Å². The molecule has 1 atom stereocenters. The third-order valence-corrected chi connectivity index (χ3v) is 3.44. The van der Waals surface area contributed by atoms with Gasteiger partial charge in [0.15, 0.2) is 0 Å². The van der Waals surface area contributed by atoms with Gasteiger partial charge < -0.3 is 10.2 Å². The first-order valence-electron chi connectivity index (χ1n) is 6.71. The van der Waals surface area contributed by atoms with E-state index in [1.165, 1.54) is 0 Å². The van der Waals surface area contributed by atoms with E-state index in [1.54, 1.807) is 4.90 Å². The van der Waals surface area contributed by atoms with E-state index < -0.39 is 0 Å². The number of carbonyl (C=O) groups excluding carboxylic acids is 1. The highest BCUT2D eigenvalue weighted by Crippen LogP contribution is 2.15. The van der Waals surface area contributed by atoms with E-state index in [4.69, 9.17) is 5.26 Å². The minimum atomic E-state index is 0.0193. The summed E-state index contributed by atoms with van der Waals surface area (Å²) < 4.78 is 0. The van der Waals surface area contributed by atoms with Crippen LogP contribution in [0.3, 0.4) is 0 Å². The maximum Gasteiger partial charge on any atom is 0.228 e. The lowest BCUT2D eigenvalue weighted by atomic mass is 9.98. The molecule has 1 aliphatic heterocycles. The van der Waals surface area contributed by atoms with Gasteiger partial charge >= 0.3 is 0 Å². The molecular formula is C15H19N3O. The van der Waals surface area contributed by atoms with Gasteiger partial charge in [0.25, 0.3) is 0 Å². The molecule has 1 N–H and O–H groups in total. The average molecular weight is 257 g/mol. The van der Waals surface area contributed by atoms with Gasteiger partial charge in [0.1, 0.15) is 6.54 Å². The number of nitrogens with zero attached hydrogens (tertiary/aromatic N) is 2. The SMILES string of the molecule is N#CCN(Cc1ccccc1)C(=O)[C@H]1CCCNC1. The van der Waals surface area contributed by atoms with E-state index in [0.717, 1.165) is 31.5 Å². The molecule has 1 saturated heterocycles. The number of piperidine rings is 1. The molecule has 4 heteroatoms. The van der Waals surface area contributed by atoms with Gasteiger partial charge in [-0.1, -0.05) is 30.3 Å². The van der Waals surface area contributed by atoms with E-state index in [2.05, 4.69) is 11.4 Å². The van der Waals surface area contributed by atoms with Gasteiger partial charge in [0.05, 0.1) is 12.0 Å². The zero-order valence-corrected chi connectivity index (χ0v) is 11.0. The van der Waals surface area contributed by atoms with E-state index in [1.807, 2.05) is 30.3 Å². The van der Waals surface area contributed by atoms with Crippen molar-refractivity contribution in [2.75, 3.05) is 19.6 Å². The van der Waals surface area contributed by atoms with Crippen LogP contribution < -0.4 is 5.32 Å². The smallest absolute Gasteiger partial charge is 0.228 e. The number of nitriles is 1. The Balaban J connectivity index is 2.02. The lowest BCUT2D eigenvalue weighted by molar-refractivity contribution is -0.136. The van der Waals surface area contributed by atoms with Crippen molar-refractivity contribution in [1.29, 1.82) is 5.26 Å². The molecule has 0 saturated carbocycles. The first kappa shape index (κ1) is 13.6. The van der Waals surface area contributed by atoms with Crippen molar-refractivity contribution in [1.82, 2.24) is 10.2 Å². The number of nitrogens with one attached hydrogen (secondary N) is 1. The second-order valence-corrected chi connectivity index (χ2v) is 4.88. The fourth-order valence-electron chi connectivity index (χ4n) is 2.42. The molecule has 1 aromatic carbocycles. The van der Waals surface area contributed by atoms with Crippen molar-refractivity contribution in [3.05, 3.63) is 35.9 Å². The highest BCUT2D eigenvalue weighted by Gasteiger charge is 2.25. The zero-order chi connectivity index (χ0) is 13.5. The third-order valence-electron chi connectivity index (χ3n) is 3.44. The van der Waals surface area contributed by atoms with Gasteiger partial charge in [-0.05, 0) is 24.9 Å². The van der Waals surface area contributed by atoms with Crippen LogP contribution in [0.4, 0.5) is 0 Å². The first-order valence-corrected chi connectivity index (χ1v) is 6.71. The first-order chi connectivity index (χ1) is 9.31. The summed E-state index contributed by atoms with van der Waals surface area (Å²) in [6, 6.07) is 11.9. The van der Waals surface area contributed by atoms with Crippen LogP contribution in [0.1, 0.15) is 18.4 Å². The van der Waals surface area contributed by atoms with E-state index in [-0.39, 0.29) is 18.4 Å². The van der Waals surface area contributed by atoms with Gasteiger partial charge in [-0.2, -0.15) is 5.26 Å². The minimum absolute atomic E-state index is 0.0193. The molecule has 0 bridgehead atoms. The van der Waals surface area contributed by atoms with Gasteiger partial charge in [-0.25, -0.2) is 0 Å². The second kappa shape index (κ2) is 6.91.